The van der Waals surface area contributed by atoms with E-state index in [4.69, 9.17) is 0 Å². The molecule has 6 heteroatoms. The summed E-state index contributed by atoms with van der Waals surface area (Å²) in [5, 5.41) is 18.6. The van der Waals surface area contributed by atoms with E-state index in [0.717, 1.165) is 4.88 Å². The van der Waals surface area contributed by atoms with Gasteiger partial charge in [0, 0.05) is 11.9 Å². The van der Waals surface area contributed by atoms with Crippen molar-refractivity contribution in [1.82, 2.24) is 9.78 Å². The highest BCUT2D eigenvalue weighted by molar-refractivity contribution is 7.10. The molecule has 1 unspecified atom stereocenters. The Morgan fingerprint density at radius 2 is 2.33 bits per heavy atom. The van der Waals surface area contributed by atoms with Gasteiger partial charge in [0.2, 0.25) is 0 Å². The van der Waals surface area contributed by atoms with Gasteiger partial charge in [-0.1, -0.05) is 6.07 Å². The third-order valence-corrected chi connectivity index (χ3v) is 3.81. The van der Waals surface area contributed by atoms with Gasteiger partial charge in [0.1, 0.15) is 11.4 Å². The molecule has 18 heavy (non-hydrogen) atoms. The number of aromatic carboxylic acids is 1. The van der Waals surface area contributed by atoms with Crippen LogP contribution in [0.5, 0.6) is 0 Å². The van der Waals surface area contributed by atoms with Crippen molar-refractivity contribution >= 4 is 23.1 Å². The average molecular weight is 265 g/mol. The second-order valence-electron chi connectivity index (χ2n) is 4.12. The molecular weight excluding hydrogens is 250 g/mol. The van der Waals surface area contributed by atoms with Gasteiger partial charge < -0.3 is 10.4 Å². The van der Waals surface area contributed by atoms with Crippen LogP contribution in [0.3, 0.4) is 0 Å². The lowest BCUT2D eigenvalue weighted by Crippen LogP contribution is -2.12. The van der Waals surface area contributed by atoms with Crippen LogP contribution < -0.4 is 5.32 Å². The first-order chi connectivity index (χ1) is 8.50. The maximum absolute atomic E-state index is 11.2. The molecule has 0 saturated heterocycles. The van der Waals surface area contributed by atoms with Gasteiger partial charge in [-0.3, -0.25) is 4.68 Å². The minimum absolute atomic E-state index is 0.0536. The number of nitrogens with zero attached hydrogens (tertiary/aromatic N) is 2. The average Bonchev–Trinajstić information content (AvgIpc) is 2.87. The zero-order chi connectivity index (χ0) is 13.3. The summed E-state index contributed by atoms with van der Waals surface area (Å²) in [6.07, 6.45) is 0. The molecule has 2 aromatic heterocycles. The Hall–Kier alpha value is -1.82. The van der Waals surface area contributed by atoms with E-state index in [1.807, 2.05) is 24.4 Å². The highest BCUT2D eigenvalue weighted by atomic mass is 32.1. The van der Waals surface area contributed by atoms with Crippen molar-refractivity contribution in [1.29, 1.82) is 0 Å². The second kappa shape index (κ2) is 4.81. The quantitative estimate of drug-likeness (QED) is 0.892. The molecule has 0 amide bonds. The monoisotopic (exact) mass is 265 g/mol. The molecule has 0 saturated carbocycles. The van der Waals surface area contributed by atoms with Crippen LogP contribution in [0.4, 0.5) is 5.82 Å². The van der Waals surface area contributed by atoms with E-state index in [9.17, 15) is 9.90 Å². The van der Waals surface area contributed by atoms with E-state index in [-0.39, 0.29) is 11.6 Å². The molecule has 0 fully saturated rings. The first-order valence-corrected chi connectivity index (χ1v) is 6.45. The van der Waals surface area contributed by atoms with Gasteiger partial charge in [0.15, 0.2) is 0 Å². The number of thiophene rings is 1. The second-order valence-corrected chi connectivity index (χ2v) is 5.10. The van der Waals surface area contributed by atoms with Gasteiger partial charge in [0.25, 0.3) is 0 Å². The molecule has 2 heterocycles. The molecule has 1 atom stereocenters. The molecule has 0 bridgehead atoms. The summed E-state index contributed by atoms with van der Waals surface area (Å²) in [5.74, 6) is -0.414. The van der Waals surface area contributed by atoms with Crippen LogP contribution in [0.25, 0.3) is 0 Å². The van der Waals surface area contributed by atoms with Gasteiger partial charge in [-0.15, -0.1) is 11.3 Å². The molecule has 2 N–H and O–H groups in total. The van der Waals surface area contributed by atoms with Gasteiger partial charge in [0.05, 0.1) is 11.7 Å². The highest BCUT2D eigenvalue weighted by Gasteiger charge is 2.21. The third-order valence-electron chi connectivity index (χ3n) is 2.76. The summed E-state index contributed by atoms with van der Waals surface area (Å²) in [5.41, 5.74) is 0.756. The molecule has 0 aliphatic carbocycles. The van der Waals surface area contributed by atoms with Crippen LogP contribution in [-0.4, -0.2) is 20.9 Å². The Bertz CT molecular complexity index is 560. The summed E-state index contributed by atoms with van der Waals surface area (Å²) in [6.45, 7) is 3.70. The largest absolute Gasteiger partial charge is 0.477 e. The molecule has 96 valence electrons. The maximum Gasteiger partial charge on any atom is 0.341 e. The zero-order valence-corrected chi connectivity index (χ0v) is 11.3. The Balaban J connectivity index is 2.31. The Morgan fingerprint density at radius 1 is 1.61 bits per heavy atom. The van der Waals surface area contributed by atoms with E-state index < -0.39 is 5.97 Å². The third kappa shape index (κ3) is 2.24. The van der Waals surface area contributed by atoms with E-state index in [1.165, 1.54) is 0 Å². The lowest BCUT2D eigenvalue weighted by molar-refractivity contribution is 0.0697. The van der Waals surface area contributed by atoms with Gasteiger partial charge in [-0.05, 0) is 25.3 Å². The summed E-state index contributed by atoms with van der Waals surface area (Å²) >= 11 is 1.64. The van der Waals surface area contributed by atoms with Crippen molar-refractivity contribution in [3.8, 4) is 0 Å². The number of hydrogen-bond donors (Lipinski definition) is 2. The van der Waals surface area contributed by atoms with Crippen LogP contribution in [0, 0.1) is 6.92 Å². The summed E-state index contributed by atoms with van der Waals surface area (Å²) in [4.78, 5) is 12.4. The fourth-order valence-electron chi connectivity index (χ4n) is 1.89. The predicted octanol–water partition coefficient (Wildman–Crippen LogP) is 2.66. The molecule has 0 aliphatic heterocycles. The molecule has 0 radical (unpaired) electrons. The first-order valence-electron chi connectivity index (χ1n) is 5.57. The van der Waals surface area contributed by atoms with Crippen LogP contribution in [0.1, 0.15) is 33.9 Å². The number of rotatable bonds is 4. The number of carboxylic acids is 1. The number of aryl methyl sites for hydroxylation is 2. The van der Waals surface area contributed by atoms with Crippen molar-refractivity contribution in [2.24, 2.45) is 7.05 Å². The zero-order valence-electron chi connectivity index (χ0n) is 10.5. The van der Waals surface area contributed by atoms with Gasteiger partial charge in [-0.25, -0.2) is 4.79 Å². The lowest BCUT2D eigenvalue weighted by atomic mass is 10.2. The van der Waals surface area contributed by atoms with Crippen molar-refractivity contribution in [3.63, 3.8) is 0 Å². The number of hydrogen-bond acceptors (Lipinski definition) is 4. The summed E-state index contributed by atoms with van der Waals surface area (Å²) in [7, 11) is 1.74. The maximum atomic E-state index is 11.2. The molecule has 5 nitrogen and oxygen atoms in total. The Morgan fingerprint density at radius 3 is 2.89 bits per heavy atom. The number of aromatic nitrogens is 2. The van der Waals surface area contributed by atoms with Crippen LogP contribution >= 0.6 is 11.3 Å². The van der Waals surface area contributed by atoms with Crippen molar-refractivity contribution in [2.45, 2.75) is 19.9 Å². The van der Waals surface area contributed by atoms with Gasteiger partial charge >= 0.3 is 5.97 Å². The fourth-order valence-corrected chi connectivity index (χ4v) is 2.63. The van der Waals surface area contributed by atoms with E-state index in [1.54, 1.807) is 30.0 Å². The topological polar surface area (TPSA) is 67.2 Å². The van der Waals surface area contributed by atoms with Crippen molar-refractivity contribution < 1.29 is 9.90 Å². The standard InChI is InChI=1S/C12H15N3O2S/c1-7(9-5-4-6-18-9)13-11-10(12(16)17)8(2)14-15(11)3/h4-7,13H,1-3H3,(H,16,17). The fraction of sp³-hybridized carbons (Fsp3) is 0.333. The first kappa shape index (κ1) is 12.6. The summed E-state index contributed by atoms with van der Waals surface area (Å²) in [6, 6.07) is 4.05. The number of anilines is 1. The Labute approximate surface area is 109 Å². The molecule has 0 aromatic carbocycles. The minimum Gasteiger partial charge on any atom is -0.477 e. The Kier molecular flexibility index (Phi) is 3.38. The molecule has 0 spiro atoms. The van der Waals surface area contributed by atoms with E-state index in [2.05, 4.69) is 10.4 Å². The number of carbonyl (C=O) groups is 1. The normalized spacial score (nSPS) is 12.4. The smallest absolute Gasteiger partial charge is 0.341 e. The van der Waals surface area contributed by atoms with Crippen LogP contribution in [0.15, 0.2) is 17.5 Å². The van der Waals surface area contributed by atoms with Crippen molar-refractivity contribution in [3.05, 3.63) is 33.6 Å². The summed E-state index contributed by atoms with van der Waals surface area (Å²) < 4.78 is 1.57. The number of nitrogens with one attached hydrogen (secondary N) is 1. The highest BCUT2D eigenvalue weighted by Crippen LogP contribution is 2.26. The van der Waals surface area contributed by atoms with E-state index in [0.29, 0.717) is 11.5 Å². The van der Waals surface area contributed by atoms with Crippen molar-refractivity contribution in [2.75, 3.05) is 5.32 Å². The molecule has 0 aliphatic rings. The predicted molar refractivity (Wildman–Crippen MR) is 71.3 cm³/mol. The van der Waals surface area contributed by atoms with E-state index >= 15 is 0 Å². The van der Waals surface area contributed by atoms with Crippen LogP contribution in [-0.2, 0) is 7.05 Å². The minimum atomic E-state index is -0.957. The number of carboxylic acid groups (broad SMARTS) is 1. The lowest BCUT2D eigenvalue weighted by Gasteiger charge is -2.14. The van der Waals surface area contributed by atoms with Gasteiger partial charge in [-0.2, -0.15) is 5.10 Å². The molecule has 2 aromatic rings. The van der Waals surface area contributed by atoms with Crippen LogP contribution in [0.2, 0.25) is 0 Å². The molecule has 2 rings (SSSR count). The molecular formula is C12H15N3O2S. The SMILES string of the molecule is Cc1nn(C)c(NC(C)c2cccs2)c1C(=O)O.